The van der Waals surface area contributed by atoms with Gasteiger partial charge in [-0.15, -0.1) is 0 Å². The summed E-state index contributed by atoms with van der Waals surface area (Å²) >= 11 is 1.39. The Hall–Kier alpha value is -1.63. The van der Waals surface area contributed by atoms with Crippen molar-refractivity contribution in [3.8, 4) is 0 Å². The molecule has 0 radical (unpaired) electrons. The highest BCUT2D eigenvalue weighted by atomic mass is 32.1. The van der Waals surface area contributed by atoms with Crippen molar-refractivity contribution in [2.45, 2.75) is 44.7 Å². The van der Waals surface area contributed by atoms with Crippen molar-refractivity contribution >= 4 is 32.6 Å². The molecule has 1 heterocycles. The smallest absolute Gasteiger partial charge is 0.302 e. The third-order valence-electron chi connectivity index (χ3n) is 4.36. The Bertz CT molecular complexity index is 718. The van der Waals surface area contributed by atoms with Gasteiger partial charge in [0.1, 0.15) is 0 Å². The van der Waals surface area contributed by atoms with E-state index in [0.717, 1.165) is 15.8 Å². The summed E-state index contributed by atoms with van der Waals surface area (Å²) < 4.78 is 39.3. The zero-order valence-electron chi connectivity index (χ0n) is 12.6. The number of amides is 1. The third-order valence-corrected chi connectivity index (χ3v) is 5.30. The maximum absolute atomic E-state index is 12.8. The summed E-state index contributed by atoms with van der Waals surface area (Å²) in [5.74, 6) is -1.26. The number of hydrogen-bond donors (Lipinski definition) is 1. The van der Waals surface area contributed by atoms with Crippen LogP contribution in [0.1, 0.15) is 44.1 Å². The number of thiazole rings is 1. The second-order valence-corrected chi connectivity index (χ2v) is 7.01. The second kappa shape index (κ2) is 6.11. The van der Waals surface area contributed by atoms with Crippen LogP contribution in [-0.2, 0) is 4.79 Å². The van der Waals surface area contributed by atoms with E-state index in [2.05, 4.69) is 10.3 Å². The molecule has 2 aromatic rings. The molecule has 1 saturated carbocycles. The Morgan fingerprint density at radius 3 is 2.57 bits per heavy atom. The van der Waals surface area contributed by atoms with Gasteiger partial charge >= 0.3 is 6.18 Å². The first kappa shape index (κ1) is 16.2. The van der Waals surface area contributed by atoms with Crippen molar-refractivity contribution < 1.29 is 18.0 Å². The lowest BCUT2D eigenvalue weighted by atomic mass is 9.78. The van der Waals surface area contributed by atoms with Crippen LogP contribution in [0.2, 0.25) is 0 Å². The fourth-order valence-electron chi connectivity index (χ4n) is 3.24. The number of halogens is 3. The van der Waals surface area contributed by atoms with Crippen LogP contribution >= 0.6 is 11.3 Å². The van der Waals surface area contributed by atoms with Crippen molar-refractivity contribution in [1.82, 2.24) is 4.98 Å². The summed E-state index contributed by atoms with van der Waals surface area (Å²) in [5, 5.41) is 3.20. The molecule has 1 aromatic heterocycles. The van der Waals surface area contributed by atoms with E-state index in [1.165, 1.54) is 18.3 Å². The van der Waals surface area contributed by atoms with Crippen LogP contribution in [0, 0.1) is 5.92 Å². The summed E-state index contributed by atoms with van der Waals surface area (Å²) in [5.41, 5.74) is 1.80. The molecule has 1 fully saturated rings. The molecule has 1 N–H and O–H groups in total. The lowest BCUT2D eigenvalue weighted by molar-refractivity contribution is -0.182. The van der Waals surface area contributed by atoms with Gasteiger partial charge in [-0.2, -0.15) is 13.2 Å². The van der Waals surface area contributed by atoms with E-state index in [0.29, 0.717) is 18.0 Å². The molecule has 1 aliphatic rings. The fourth-order valence-corrected chi connectivity index (χ4v) is 4.18. The van der Waals surface area contributed by atoms with Gasteiger partial charge in [-0.05, 0) is 43.2 Å². The number of hydrogen-bond acceptors (Lipinski definition) is 3. The highest BCUT2D eigenvalue weighted by Gasteiger charge is 2.41. The van der Waals surface area contributed by atoms with E-state index in [4.69, 9.17) is 0 Å². The van der Waals surface area contributed by atoms with E-state index < -0.39 is 12.1 Å². The van der Waals surface area contributed by atoms with Crippen LogP contribution in [0.15, 0.2) is 18.2 Å². The SMILES string of the molecule is CC(=O)Nc1nc2c(C3CCC(C(F)(F)F)CC3)cccc2s1. The first-order valence-corrected chi connectivity index (χ1v) is 8.40. The average Bonchev–Trinajstić information content (AvgIpc) is 2.87. The van der Waals surface area contributed by atoms with Gasteiger partial charge in [0.2, 0.25) is 5.91 Å². The second-order valence-electron chi connectivity index (χ2n) is 5.98. The standard InChI is InChI=1S/C16H17F3N2OS/c1-9(22)20-15-21-14-12(3-2-4-13(14)23-15)10-5-7-11(8-6-10)16(17,18)19/h2-4,10-11H,5-8H2,1H3,(H,20,21,22). The zero-order chi connectivity index (χ0) is 16.6. The van der Waals surface area contributed by atoms with Crippen LogP contribution in [0.4, 0.5) is 18.3 Å². The molecule has 1 amide bonds. The number of alkyl halides is 3. The molecular weight excluding hydrogens is 325 g/mol. The Kier molecular flexibility index (Phi) is 4.31. The Balaban J connectivity index is 1.83. The van der Waals surface area contributed by atoms with Gasteiger partial charge in [0.15, 0.2) is 5.13 Å². The van der Waals surface area contributed by atoms with Crippen molar-refractivity contribution in [2.24, 2.45) is 5.92 Å². The molecule has 0 spiro atoms. The molecule has 1 aromatic carbocycles. The maximum atomic E-state index is 12.8. The minimum absolute atomic E-state index is 0.101. The van der Waals surface area contributed by atoms with Crippen LogP contribution in [0.5, 0.6) is 0 Å². The number of fused-ring (bicyclic) bond motifs is 1. The fraction of sp³-hybridized carbons (Fsp3) is 0.500. The van der Waals surface area contributed by atoms with Gasteiger partial charge in [-0.1, -0.05) is 23.5 Å². The van der Waals surface area contributed by atoms with Crippen molar-refractivity contribution in [2.75, 3.05) is 5.32 Å². The average molecular weight is 342 g/mol. The highest BCUT2D eigenvalue weighted by molar-refractivity contribution is 7.22. The molecule has 3 rings (SSSR count). The summed E-state index contributed by atoms with van der Waals surface area (Å²) in [6, 6.07) is 5.77. The van der Waals surface area contributed by atoms with Gasteiger partial charge in [0, 0.05) is 6.92 Å². The zero-order valence-corrected chi connectivity index (χ0v) is 13.4. The summed E-state index contributed by atoms with van der Waals surface area (Å²) in [7, 11) is 0. The summed E-state index contributed by atoms with van der Waals surface area (Å²) in [4.78, 5) is 15.6. The van der Waals surface area contributed by atoms with Crippen LogP contribution in [0.3, 0.4) is 0 Å². The number of nitrogens with one attached hydrogen (secondary N) is 1. The van der Waals surface area contributed by atoms with E-state index in [1.54, 1.807) is 0 Å². The van der Waals surface area contributed by atoms with E-state index >= 15 is 0 Å². The number of aromatic nitrogens is 1. The Labute approximate surface area is 135 Å². The van der Waals surface area contributed by atoms with Crippen molar-refractivity contribution in [3.63, 3.8) is 0 Å². The molecule has 0 aliphatic heterocycles. The molecule has 124 valence electrons. The lowest BCUT2D eigenvalue weighted by Crippen LogP contribution is -2.27. The summed E-state index contributed by atoms with van der Waals surface area (Å²) in [6.07, 6.45) is -2.69. The maximum Gasteiger partial charge on any atom is 0.391 e. The molecule has 0 atom stereocenters. The van der Waals surface area contributed by atoms with E-state index in [9.17, 15) is 18.0 Å². The number of rotatable bonds is 2. The van der Waals surface area contributed by atoms with E-state index in [-0.39, 0.29) is 24.7 Å². The number of carbonyl (C=O) groups is 1. The predicted molar refractivity (Wildman–Crippen MR) is 84.7 cm³/mol. The Morgan fingerprint density at radius 2 is 1.96 bits per heavy atom. The van der Waals surface area contributed by atoms with Gasteiger partial charge < -0.3 is 5.32 Å². The molecule has 3 nitrogen and oxygen atoms in total. The summed E-state index contributed by atoms with van der Waals surface area (Å²) in [6.45, 7) is 1.42. The van der Waals surface area contributed by atoms with Gasteiger partial charge in [0.05, 0.1) is 16.1 Å². The lowest BCUT2D eigenvalue weighted by Gasteiger charge is -2.30. The predicted octanol–water partition coefficient (Wildman–Crippen LogP) is 5.09. The largest absolute Gasteiger partial charge is 0.391 e. The molecule has 7 heteroatoms. The minimum atomic E-state index is -4.09. The molecule has 23 heavy (non-hydrogen) atoms. The van der Waals surface area contributed by atoms with E-state index in [1.807, 2.05) is 18.2 Å². The van der Waals surface area contributed by atoms with Crippen molar-refractivity contribution in [1.29, 1.82) is 0 Å². The van der Waals surface area contributed by atoms with Gasteiger partial charge in [0.25, 0.3) is 0 Å². The molecule has 1 aliphatic carbocycles. The van der Waals surface area contributed by atoms with Gasteiger partial charge in [-0.25, -0.2) is 4.98 Å². The highest BCUT2D eigenvalue weighted by Crippen LogP contribution is 2.44. The van der Waals surface area contributed by atoms with Crippen LogP contribution in [0.25, 0.3) is 10.2 Å². The number of carbonyl (C=O) groups excluding carboxylic acids is 1. The van der Waals surface area contributed by atoms with Crippen molar-refractivity contribution in [3.05, 3.63) is 23.8 Å². The molecule has 0 unspecified atom stereocenters. The number of anilines is 1. The molecule has 0 bridgehead atoms. The normalized spacial score (nSPS) is 22.3. The third kappa shape index (κ3) is 3.49. The monoisotopic (exact) mass is 342 g/mol. The Morgan fingerprint density at radius 1 is 1.26 bits per heavy atom. The number of benzene rings is 1. The topological polar surface area (TPSA) is 42.0 Å². The molecule has 0 saturated heterocycles. The van der Waals surface area contributed by atoms with Crippen LogP contribution < -0.4 is 5.32 Å². The first-order valence-electron chi connectivity index (χ1n) is 7.58. The molecular formula is C16H17F3N2OS. The van der Waals surface area contributed by atoms with Crippen LogP contribution in [-0.4, -0.2) is 17.1 Å². The van der Waals surface area contributed by atoms with Gasteiger partial charge in [-0.3, -0.25) is 4.79 Å². The number of nitrogens with zero attached hydrogens (tertiary/aromatic N) is 1. The number of para-hydroxylation sites is 1. The quantitative estimate of drug-likeness (QED) is 0.826. The first-order chi connectivity index (χ1) is 10.8. The minimum Gasteiger partial charge on any atom is -0.302 e.